The van der Waals surface area contributed by atoms with Crippen molar-refractivity contribution >= 4 is 11.8 Å². The van der Waals surface area contributed by atoms with E-state index in [9.17, 15) is 14.0 Å². The minimum Gasteiger partial charge on any atom is -0.379 e. The lowest BCUT2D eigenvalue weighted by molar-refractivity contribution is -0.151. The average Bonchev–Trinajstić information content (AvgIpc) is 2.78. The summed E-state index contributed by atoms with van der Waals surface area (Å²) in [7, 11) is 1.78. The number of ether oxygens (including phenoxy) is 1. The highest BCUT2D eigenvalue weighted by Gasteiger charge is 2.36. The van der Waals surface area contributed by atoms with E-state index < -0.39 is 6.04 Å². The van der Waals surface area contributed by atoms with Gasteiger partial charge in [0.05, 0.1) is 19.8 Å². The number of carbonyl (C=O) groups excluding carboxylic acids is 2. The molecule has 0 aromatic heterocycles. The predicted molar refractivity (Wildman–Crippen MR) is 116 cm³/mol. The Morgan fingerprint density at radius 1 is 1.03 bits per heavy atom. The number of likely N-dealkylation sites (N-methyl/N-ethyl adjacent to an activating group) is 1. The van der Waals surface area contributed by atoms with E-state index in [1.165, 1.54) is 12.1 Å². The Hall–Kier alpha value is -2.77. The van der Waals surface area contributed by atoms with Crippen LogP contribution in [0.1, 0.15) is 5.56 Å². The van der Waals surface area contributed by atoms with Crippen molar-refractivity contribution in [3.8, 4) is 11.1 Å². The van der Waals surface area contributed by atoms with E-state index >= 15 is 0 Å². The molecule has 1 unspecified atom stereocenters. The zero-order chi connectivity index (χ0) is 21.8. The van der Waals surface area contributed by atoms with Crippen LogP contribution in [0.25, 0.3) is 11.1 Å². The smallest absolute Gasteiger partial charge is 0.245 e. The highest BCUT2D eigenvalue weighted by Crippen LogP contribution is 2.27. The molecular weight excluding hydrogens is 397 g/mol. The van der Waals surface area contributed by atoms with Gasteiger partial charge in [0, 0.05) is 39.6 Å². The Bertz CT molecular complexity index is 928. The molecule has 2 fully saturated rings. The van der Waals surface area contributed by atoms with Gasteiger partial charge in [-0.05, 0) is 28.8 Å². The molecule has 31 heavy (non-hydrogen) atoms. The van der Waals surface area contributed by atoms with E-state index in [4.69, 9.17) is 4.74 Å². The van der Waals surface area contributed by atoms with E-state index in [0.717, 1.165) is 29.8 Å². The lowest BCUT2D eigenvalue weighted by atomic mass is 9.93. The fourth-order valence-corrected chi connectivity index (χ4v) is 4.27. The van der Waals surface area contributed by atoms with Gasteiger partial charge in [-0.3, -0.25) is 14.5 Å². The molecule has 4 rings (SSSR count). The predicted octanol–water partition coefficient (Wildman–Crippen LogP) is 2.04. The first-order valence-electron chi connectivity index (χ1n) is 10.7. The zero-order valence-electron chi connectivity index (χ0n) is 17.8. The van der Waals surface area contributed by atoms with Crippen molar-refractivity contribution in [2.75, 3.05) is 53.0 Å². The first-order chi connectivity index (χ1) is 15.0. The van der Waals surface area contributed by atoms with Gasteiger partial charge in [0.1, 0.15) is 11.9 Å². The quantitative estimate of drug-likeness (QED) is 0.736. The fraction of sp³-hybridized carbons (Fsp3) is 0.417. The van der Waals surface area contributed by atoms with Crippen LogP contribution in [0.4, 0.5) is 4.39 Å². The Morgan fingerprint density at radius 3 is 2.48 bits per heavy atom. The van der Waals surface area contributed by atoms with Crippen LogP contribution in [0, 0.1) is 5.82 Å². The molecule has 2 aromatic carbocycles. The number of morpholine rings is 1. The number of nitrogens with zero attached hydrogens (tertiary/aromatic N) is 3. The van der Waals surface area contributed by atoms with Gasteiger partial charge in [-0.1, -0.05) is 36.4 Å². The normalized spacial score (nSPS) is 20.2. The molecule has 2 aliphatic rings. The van der Waals surface area contributed by atoms with Crippen molar-refractivity contribution in [1.29, 1.82) is 0 Å². The molecule has 2 aliphatic heterocycles. The Kier molecular flexibility index (Phi) is 6.63. The molecule has 2 aromatic rings. The minimum absolute atomic E-state index is 0.0207. The molecule has 2 saturated heterocycles. The van der Waals surface area contributed by atoms with Crippen molar-refractivity contribution in [3.05, 3.63) is 59.9 Å². The molecule has 0 spiro atoms. The summed E-state index contributed by atoms with van der Waals surface area (Å²) >= 11 is 0. The van der Waals surface area contributed by atoms with Crippen LogP contribution in [0.2, 0.25) is 0 Å². The maximum absolute atomic E-state index is 13.4. The molecule has 0 bridgehead atoms. The number of hydrogen-bond donors (Lipinski definition) is 0. The van der Waals surface area contributed by atoms with Crippen molar-refractivity contribution in [1.82, 2.24) is 14.7 Å². The van der Waals surface area contributed by atoms with Crippen LogP contribution < -0.4 is 0 Å². The standard InChI is InChI=1S/C24H28FN3O3/c1-26-10-11-28(23(29)17-27-12-14-31-15-13-27)22(24(26)30)16-19-4-2-3-5-21(19)18-6-8-20(25)9-7-18/h2-9,22H,10-17H2,1H3. The number of carbonyl (C=O) groups is 2. The van der Waals surface area contributed by atoms with Crippen LogP contribution in [0.3, 0.4) is 0 Å². The molecule has 164 valence electrons. The van der Waals surface area contributed by atoms with Gasteiger partial charge in [0.2, 0.25) is 11.8 Å². The largest absolute Gasteiger partial charge is 0.379 e. The number of piperazine rings is 1. The van der Waals surface area contributed by atoms with Crippen LogP contribution in [0.5, 0.6) is 0 Å². The van der Waals surface area contributed by atoms with E-state index in [1.807, 2.05) is 24.3 Å². The molecule has 0 aliphatic carbocycles. The molecular formula is C24H28FN3O3. The monoisotopic (exact) mass is 425 g/mol. The summed E-state index contributed by atoms with van der Waals surface area (Å²) in [4.78, 5) is 31.7. The second-order valence-corrected chi connectivity index (χ2v) is 8.12. The van der Waals surface area contributed by atoms with Crippen molar-refractivity contribution in [2.24, 2.45) is 0 Å². The van der Waals surface area contributed by atoms with Crippen LogP contribution in [0.15, 0.2) is 48.5 Å². The highest BCUT2D eigenvalue weighted by molar-refractivity contribution is 5.90. The van der Waals surface area contributed by atoms with Gasteiger partial charge in [-0.15, -0.1) is 0 Å². The molecule has 2 amide bonds. The maximum Gasteiger partial charge on any atom is 0.245 e. The summed E-state index contributed by atoms with van der Waals surface area (Å²) in [5.74, 6) is -0.353. The molecule has 0 N–H and O–H groups in total. The SMILES string of the molecule is CN1CCN(C(=O)CN2CCOCC2)C(Cc2ccccc2-c2ccc(F)cc2)C1=O. The number of halogens is 1. The van der Waals surface area contributed by atoms with E-state index in [2.05, 4.69) is 4.90 Å². The van der Waals surface area contributed by atoms with Gasteiger partial charge in [0.15, 0.2) is 0 Å². The Labute approximate surface area is 182 Å². The third-order valence-electron chi connectivity index (χ3n) is 6.08. The van der Waals surface area contributed by atoms with Crippen molar-refractivity contribution < 1.29 is 18.7 Å². The Balaban J connectivity index is 1.57. The summed E-state index contributed by atoms with van der Waals surface area (Å²) in [5.41, 5.74) is 2.80. The second kappa shape index (κ2) is 9.58. The van der Waals surface area contributed by atoms with Crippen molar-refractivity contribution in [2.45, 2.75) is 12.5 Å². The summed E-state index contributed by atoms with van der Waals surface area (Å²) in [6.07, 6.45) is 0.422. The number of benzene rings is 2. The van der Waals surface area contributed by atoms with E-state index in [-0.39, 0.29) is 17.6 Å². The lowest BCUT2D eigenvalue weighted by Gasteiger charge is -2.40. The van der Waals surface area contributed by atoms with Gasteiger partial charge >= 0.3 is 0 Å². The Morgan fingerprint density at radius 2 is 1.74 bits per heavy atom. The molecule has 6 nitrogen and oxygen atoms in total. The zero-order valence-corrected chi connectivity index (χ0v) is 17.8. The fourth-order valence-electron chi connectivity index (χ4n) is 4.27. The molecule has 1 atom stereocenters. The minimum atomic E-state index is -0.547. The number of amides is 2. The molecule has 0 radical (unpaired) electrons. The first kappa shape index (κ1) is 21.5. The third kappa shape index (κ3) is 4.94. The van der Waals surface area contributed by atoms with E-state index in [1.54, 1.807) is 29.0 Å². The molecule has 7 heteroatoms. The highest BCUT2D eigenvalue weighted by atomic mass is 19.1. The van der Waals surface area contributed by atoms with Crippen LogP contribution in [-0.2, 0) is 20.7 Å². The molecule has 2 heterocycles. The maximum atomic E-state index is 13.4. The summed E-state index contributed by atoms with van der Waals surface area (Å²) in [6, 6.07) is 13.6. The van der Waals surface area contributed by atoms with Crippen LogP contribution >= 0.6 is 0 Å². The van der Waals surface area contributed by atoms with Gasteiger partial charge in [0.25, 0.3) is 0 Å². The number of rotatable bonds is 5. The summed E-state index contributed by atoms with van der Waals surface area (Å²) in [5, 5.41) is 0. The van der Waals surface area contributed by atoms with Crippen LogP contribution in [-0.4, -0.2) is 85.5 Å². The van der Waals surface area contributed by atoms with Gasteiger partial charge in [-0.25, -0.2) is 4.39 Å². The summed E-state index contributed by atoms with van der Waals surface area (Å²) < 4.78 is 18.8. The average molecular weight is 426 g/mol. The van der Waals surface area contributed by atoms with Crippen molar-refractivity contribution in [3.63, 3.8) is 0 Å². The second-order valence-electron chi connectivity index (χ2n) is 8.12. The number of hydrogen-bond acceptors (Lipinski definition) is 4. The first-order valence-corrected chi connectivity index (χ1v) is 10.7. The van der Waals surface area contributed by atoms with Gasteiger partial charge in [-0.2, -0.15) is 0 Å². The molecule has 0 saturated carbocycles. The van der Waals surface area contributed by atoms with E-state index in [0.29, 0.717) is 39.3 Å². The lowest BCUT2D eigenvalue weighted by Crippen LogP contribution is -2.60. The topological polar surface area (TPSA) is 53.1 Å². The third-order valence-corrected chi connectivity index (χ3v) is 6.08. The van der Waals surface area contributed by atoms with Gasteiger partial charge < -0.3 is 14.5 Å². The summed E-state index contributed by atoms with van der Waals surface area (Å²) in [6.45, 7) is 4.07.